The van der Waals surface area contributed by atoms with E-state index in [0.29, 0.717) is 13.2 Å². The summed E-state index contributed by atoms with van der Waals surface area (Å²) in [7, 11) is 1.60. The highest BCUT2D eigenvalue weighted by Crippen LogP contribution is 2.31. The highest BCUT2D eigenvalue weighted by Gasteiger charge is 2.19. The van der Waals surface area contributed by atoms with Crippen molar-refractivity contribution in [3.63, 3.8) is 0 Å². The van der Waals surface area contributed by atoms with Gasteiger partial charge in [0, 0.05) is 19.7 Å². The number of ether oxygens (including phenoxy) is 2. The van der Waals surface area contributed by atoms with Gasteiger partial charge in [0.15, 0.2) is 6.61 Å². The van der Waals surface area contributed by atoms with E-state index in [0.717, 1.165) is 18.6 Å². The Labute approximate surface area is 113 Å². The maximum absolute atomic E-state index is 11.5. The SMILES string of the molecule is COCCNC(=O)COc1ccc2c(c1)CC[C@H]2N. The van der Waals surface area contributed by atoms with Gasteiger partial charge >= 0.3 is 0 Å². The molecule has 5 nitrogen and oxygen atoms in total. The van der Waals surface area contributed by atoms with E-state index in [-0.39, 0.29) is 18.6 Å². The third-order valence-electron chi connectivity index (χ3n) is 3.24. The average molecular weight is 264 g/mol. The van der Waals surface area contributed by atoms with Crippen LogP contribution in [0, 0.1) is 0 Å². The second-order valence-corrected chi connectivity index (χ2v) is 4.64. The molecule has 0 aromatic heterocycles. The molecular weight excluding hydrogens is 244 g/mol. The molecule has 19 heavy (non-hydrogen) atoms. The lowest BCUT2D eigenvalue weighted by atomic mass is 10.1. The Hall–Kier alpha value is -1.59. The van der Waals surface area contributed by atoms with Gasteiger partial charge in [-0.3, -0.25) is 4.79 Å². The van der Waals surface area contributed by atoms with Gasteiger partial charge in [-0.15, -0.1) is 0 Å². The van der Waals surface area contributed by atoms with Gasteiger partial charge in [0.25, 0.3) is 5.91 Å². The topological polar surface area (TPSA) is 73.6 Å². The summed E-state index contributed by atoms with van der Waals surface area (Å²) in [5.41, 5.74) is 8.39. The van der Waals surface area contributed by atoms with Gasteiger partial charge < -0.3 is 20.5 Å². The molecule has 1 aliphatic rings. The summed E-state index contributed by atoms with van der Waals surface area (Å²) in [4.78, 5) is 11.5. The normalized spacial score (nSPS) is 17.1. The van der Waals surface area contributed by atoms with Crippen molar-refractivity contribution in [2.45, 2.75) is 18.9 Å². The fourth-order valence-corrected chi connectivity index (χ4v) is 2.21. The molecule has 1 aromatic carbocycles. The number of amides is 1. The van der Waals surface area contributed by atoms with E-state index in [1.807, 2.05) is 18.2 Å². The molecule has 1 atom stereocenters. The van der Waals surface area contributed by atoms with Crippen molar-refractivity contribution in [3.8, 4) is 5.75 Å². The van der Waals surface area contributed by atoms with Crippen LogP contribution in [0.5, 0.6) is 5.75 Å². The Morgan fingerprint density at radius 1 is 1.53 bits per heavy atom. The first-order valence-electron chi connectivity index (χ1n) is 6.47. The quantitative estimate of drug-likeness (QED) is 0.744. The summed E-state index contributed by atoms with van der Waals surface area (Å²) in [6.07, 6.45) is 1.96. The fourth-order valence-electron chi connectivity index (χ4n) is 2.21. The molecule has 0 saturated carbocycles. The van der Waals surface area contributed by atoms with E-state index in [9.17, 15) is 4.79 Å². The van der Waals surface area contributed by atoms with Gasteiger partial charge in [-0.25, -0.2) is 0 Å². The Balaban J connectivity index is 1.82. The molecule has 5 heteroatoms. The summed E-state index contributed by atoms with van der Waals surface area (Å²) < 4.78 is 10.3. The van der Waals surface area contributed by atoms with Crippen LogP contribution in [0.25, 0.3) is 0 Å². The first kappa shape index (κ1) is 13.8. The number of aryl methyl sites for hydroxylation is 1. The molecule has 0 fully saturated rings. The van der Waals surface area contributed by atoms with Crippen LogP contribution in [0.15, 0.2) is 18.2 Å². The van der Waals surface area contributed by atoms with E-state index in [4.69, 9.17) is 15.2 Å². The van der Waals surface area contributed by atoms with E-state index < -0.39 is 0 Å². The van der Waals surface area contributed by atoms with Gasteiger partial charge in [0.1, 0.15) is 5.75 Å². The van der Waals surface area contributed by atoms with Crippen molar-refractivity contribution in [1.29, 1.82) is 0 Å². The fraction of sp³-hybridized carbons (Fsp3) is 0.500. The summed E-state index contributed by atoms with van der Waals surface area (Å²) in [6.45, 7) is 1.02. The number of rotatable bonds is 6. The number of carbonyl (C=O) groups excluding carboxylic acids is 1. The molecule has 0 spiro atoms. The Kier molecular flexibility index (Phi) is 4.76. The average Bonchev–Trinajstić information content (AvgIpc) is 2.78. The predicted octanol–water partition coefficient (Wildman–Crippen LogP) is 0.774. The second kappa shape index (κ2) is 6.54. The van der Waals surface area contributed by atoms with Crippen LogP contribution in [0.3, 0.4) is 0 Å². The molecule has 1 aliphatic carbocycles. The van der Waals surface area contributed by atoms with Crippen LogP contribution in [-0.2, 0) is 16.0 Å². The molecular formula is C14H20N2O3. The zero-order chi connectivity index (χ0) is 13.7. The smallest absolute Gasteiger partial charge is 0.258 e. The zero-order valence-electron chi connectivity index (χ0n) is 11.1. The molecule has 0 heterocycles. The van der Waals surface area contributed by atoms with E-state index >= 15 is 0 Å². The standard InChI is InChI=1S/C14H20N2O3/c1-18-7-6-16-14(17)9-19-11-3-4-12-10(8-11)2-5-13(12)15/h3-4,8,13H,2,5-7,9,15H2,1H3,(H,16,17)/t13-/m1/s1. The lowest BCUT2D eigenvalue weighted by Gasteiger charge is -2.09. The zero-order valence-corrected chi connectivity index (χ0v) is 11.1. The number of nitrogens with two attached hydrogens (primary N) is 1. The molecule has 0 bridgehead atoms. The summed E-state index contributed by atoms with van der Waals surface area (Å²) in [5, 5.41) is 2.70. The largest absolute Gasteiger partial charge is 0.484 e. The highest BCUT2D eigenvalue weighted by atomic mass is 16.5. The van der Waals surface area contributed by atoms with Crippen molar-refractivity contribution in [2.75, 3.05) is 26.9 Å². The van der Waals surface area contributed by atoms with Crippen LogP contribution >= 0.6 is 0 Å². The minimum atomic E-state index is -0.144. The summed E-state index contributed by atoms with van der Waals surface area (Å²) >= 11 is 0. The Morgan fingerprint density at radius 2 is 2.37 bits per heavy atom. The number of nitrogens with one attached hydrogen (secondary N) is 1. The van der Waals surface area contributed by atoms with Crippen molar-refractivity contribution < 1.29 is 14.3 Å². The van der Waals surface area contributed by atoms with E-state index in [1.165, 1.54) is 11.1 Å². The Bertz CT molecular complexity index is 448. The van der Waals surface area contributed by atoms with E-state index in [2.05, 4.69) is 5.32 Å². The van der Waals surface area contributed by atoms with Crippen molar-refractivity contribution in [2.24, 2.45) is 5.73 Å². The highest BCUT2D eigenvalue weighted by molar-refractivity contribution is 5.77. The first-order valence-corrected chi connectivity index (χ1v) is 6.47. The minimum absolute atomic E-state index is 0.0224. The Morgan fingerprint density at radius 3 is 3.16 bits per heavy atom. The van der Waals surface area contributed by atoms with Crippen LogP contribution in [0.2, 0.25) is 0 Å². The number of methoxy groups -OCH3 is 1. The van der Waals surface area contributed by atoms with Crippen LogP contribution in [0.1, 0.15) is 23.6 Å². The van der Waals surface area contributed by atoms with Crippen molar-refractivity contribution in [3.05, 3.63) is 29.3 Å². The number of hydrogen-bond acceptors (Lipinski definition) is 4. The number of fused-ring (bicyclic) bond motifs is 1. The van der Waals surface area contributed by atoms with Gasteiger partial charge in [-0.1, -0.05) is 6.07 Å². The number of carbonyl (C=O) groups is 1. The third kappa shape index (κ3) is 3.68. The number of benzene rings is 1. The molecule has 0 aliphatic heterocycles. The maximum atomic E-state index is 11.5. The predicted molar refractivity (Wildman–Crippen MR) is 72.1 cm³/mol. The third-order valence-corrected chi connectivity index (χ3v) is 3.24. The first-order chi connectivity index (χ1) is 9.20. The maximum Gasteiger partial charge on any atom is 0.258 e. The van der Waals surface area contributed by atoms with Gasteiger partial charge in [0.05, 0.1) is 6.61 Å². The van der Waals surface area contributed by atoms with Crippen molar-refractivity contribution in [1.82, 2.24) is 5.32 Å². The lowest BCUT2D eigenvalue weighted by Crippen LogP contribution is -2.31. The summed E-state index contributed by atoms with van der Waals surface area (Å²) in [6, 6.07) is 5.98. The van der Waals surface area contributed by atoms with Crippen LogP contribution in [-0.4, -0.2) is 32.8 Å². The molecule has 0 radical (unpaired) electrons. The summed E-state index contributed by atoms with van der Waals surface area (Å²) in [5.74, 6) is 0.573. The second-order valence-electron chi connectivity index (χ2n) is 4.64. The monoisotopic (exact) mass is 264 g/mol. The lowest BCUT2D eigenvalue weighted by molar-refractivity contribution is -0.123. The number of hydrogen-bond donors (Lipinski definition) is 2. The molecule has 104 valence electrons. The molecule has 0 unspecified atom stereocenters. The molecule has 0 saturated heterocycles. The minimum Gasteiger partial charge on any atom is -0.484 e. The van der Waals surface area contributed by atoms with Crippen molar-refractivity contribution >= 4 is 5.91 Å². The van der Waals surface area contributed by atoms with Gasteiger partial charge in [0.2, 0.25) is 0 Å². The molecule has 1 aromatic rings. The van der Waals surface area contributed by atoms with Crippen LogP contribution in [0.4, 0.5) is 0 Å². The van der Waals surface area contributed by atoms with Gasteiger partial charge in [-0.2, -0.15) is 0 Å². The molecule has 1 amide bonds. The van der Waals surface area contributed by atoms with E-state index in [1.54, 1.807) is 7.11 Å². The molecule has 2 rings (SSSR count). The molecule has 3 N–H and O–H groups in total. The van der Waals surface area contributed by atoms with Gasteiger partial charge in [-0.05, 0) is 36.1 Å². The van der Waals surface area contributed by atoms with Crippen LogP contribution < -0.4 is 15.8 Å².